The summed E-state index contributed by atoms with van der Waals surface area (Å²) in [4.78, 5) is 13.7. The highest BCUT2D eigenvalue weighted by Crippen LogP contribution is 2.25. The molecule has 0 aliphatic heterocycles. The maximum absolute atomic E-state index is 13.7. The van der Waals surface area contributed by atoms with Gasteiger partial charge < -0.3 is 5.73 Å². The zero-order valence-corrected chi connectivity index (χ0v) is 16.7. The van der Waals surface area contributed by atoms with Gasteiger partial charge in [-0.1, -0.05) is 41.6 Å². The summed E-state index contributed by atoms with van der Waals surface area (Å²) in [5.41, 5.74) is 8.76. The zero-order chi connectivity index (χ0) is 21.6. The molecule has 0 spiro atoms. The van der Waals surface area contributed by atoms with Crippen LogP contribution in [0.3, 0.4) is 0 Å². The molecule has 3 N–H and O–H groups in total. The van der Waals surface area contributed by atoms with Gasteiger partial charge in [0, 0.05) is 16.2 Å². The number of nitrogens with zero attached hydrogens (tertiary/aromatic N) is 6. The van der Waals surface area contributed by atoms with Gasteiger partial charge in [-0.3, -0.25) is 4.79 Å². The van der Waals surface area contributed by atoms with Crippen molar-refractivity contribution in [1.82, 2.24) is 30.7 Å². The quantitative estimate of drug-likeness (QED) is 0.255. The van der Waals surface area contributed by atoms with E-state index in [0.717, 1.165) is 4.90 Å². The number of carbonyl (C=O) groups is 1. The van der Waals surface area contributed by atoms with Crippen LogP contribution in [0.4, 0.5) is 10.2 Å². The van der Waals surface area contributed by atoms with Crippen molar-refractivity contribution in [3.8, 4) is 5.82 Å². The summed E-state index contributed by atoms with van der Waals surface area (Å²) in [7, 11) is 0. The third-order valence-electron chi connectivity index (χ3n) is 4.07. The number of amides is 1. The average molecular weight is 438 g/mol. The SMILES string of the molecule is Nc1nonc1-n1nnc(C(=O)NN=Cc2ccccc2F)c1CSc1ccccc1. The summed E-state index contributed by atoms with van der Waals surface area (Å²) in [6.07, 6.45) is 1.20. The van der Waals surface area contributed by atoms with Crippen LogP contribution in [-0.4, -0.2) is 37.4 Å². The molecule has 0 aliphatic carbocycles. The van der Waals surface area contributed by atoms with Crippen molar-refractivity contribution in [2.24, 2.45) is 5.10 Å². The summed E-state index contributed by atoms with van der Waals surface area (Å²) >= 11 is 1.46. The van der Waals surface area contributed by atoms with Crippen LogP contribution in [0.5, 0.6) is 0 Å². The minimum absolute atomic E-state index is 0.000364. The zero-order valence-electron chi connectivity index (χ0n) is 15.8. The van der Waals surface area contributed by atoms with Gasteiger partial charge in [0.2, 0.25) is 11.6 Å². The standard InChI is InChI=1S/C19H15FN8O2S/c20-14-9-5-4-6-12(14)10-22-24-19(29)16-15(11-31-13-7-2-1-3-8-13)28(27-23-16)18-17(21)25-30-26-18/h1-10H,11H2,(H2,21,25)(H,24,29). The van der Waals surface area contributed by atoms with Crippen LogP contribution in [0.15, 0.2) is 69.2 Å². The lowest BCUT2D eigenvalue weighted by atomic mass is 10.2. The molecule has 0 aliphatic rings. The van der Waals surface area contributed by atoms with Crippen LogP contribution in [0.1, 0.15) is 21.7 Å². The van der Waals surface area contributed by atoms with E-state index < -0.39 is 11.7 Å². The van der Waals surface area contributed by atoms with E-state index >= 15 is 0 Å². The molecule has 12 heteroatoms. The second kappa shape index (κ2) is 9.17. The largest absolute Gasteiger partial charge is 0.378 e. The molecule has 4 rings (SSSR count). The van der Waals surface area contributed by atoms with Crippen LogP contribution >= 0.6 is 11.8 Å². The number of aromatic nitrogens is 5. The third kappa shape index (κ3) is 4.59. The van der Waals surface area contributed by atoms with Gasteiger partial charge in [-0.05, 0) is 28.5 Å². The van der Waals surface area contributed by atoms with Gasteiger partial charge in [0.1, 0.15) is 5.82 Å². The molecule has 2 aromatic heterocycles. The molecule has 0 saturated heterocycles. The van der Waals surface area contributed by atoms with Gasteiger partial charge in [-0.25, -0.2) is 14.4 Å². The number of hydrogen-bond donors (Lipinski definition) is 2. The van der Waals surface area contributed by atoms with Crippen LogP contribution < -0.4 is 11.2 Å². The predicted molar refractivity (Wildman–Crippen MR) is 111 cm³/mol. The number of thioether (sulfide) groups is 1. The molecule has 2 heterocycles. The normalized spacial score (nSPS) is 11.1. The van der Waals surface area contributed by atoms with Crippen LogP contribution in [0.25, 0.3) is 5.82 Å². The summed E-state index contributed by atoms with van der Waals surface area (Å²) < 4.78 is 19.6. The molecular weight excluding hydrogens is 423 g/mol. The average Bonchev–Trinajstić information content (AvgIpc) is 3.40. The van der Waals surface area contributed by atoms with E-state index in [2.05, 4.69) is 35.8 Å². The van der Waals surface area contributed by atoms with E-state index in [1.165, 1.54) is 34.8 Å². The molecule has 0 saturated carbocycles. The number of nitrogens with one attached hydrogen (secondary N) is 1. The van der Waals surface area contributed by atoms with Gasteiger partial charge in [-0.15, -0.1) is 16.9 Å². The molecule has 31 heavy (non-hydrogen) atoms. The van der Waals surface area contributed by atoms with Crippen molar-refractivity contribution in [2.45, 2.75) is 10.6 Å². The van der Waals surface area contributed by atoms with E-state index in [1.807, 2.05) is 30.3 Å². The highest BCUT2D eigenvalue weighted by atomic mass is 32.2. The highest BCUT2D eigenvalue weighted by Gasteiger charge is 2.24. The van der Waals surface area contributed by atoms with Crippen LogP contribution in [0.2, 0.25) is 0 Å². The van der Waals surface area contributed by atoms with Crippen molar-refractivity contribution in [1.29, 1.82) is 0 Å². The Labute approximate surface area is 179 Å². The molecule has 0 bridgehead atoms. The van der Waals surface area contributed by atoms with Crippen molar-refractivity contribution in [3.63, 3.8) is 0 Å². The van der Waals surface area contributed by atoms with Gasteiger partial charge in [0.25, 0.3) is 5.91 Å². The van der Waals surface area contributed by atoms with Gasteiger partial charge in [0.05, 0.1) is 11.9 Å². The number of nitrogen functional groups attached to an aromatic ring is 1. The lowest BCUT2D eigenvalue weighted by molar-refractivity contribution is 0.0949. The Bertz CT molecular complexity index is 1220. The number of rotatable bonds is 7. The number of carbonyl (C=O) groups excluding carboxylic acids is 1. The fraction of sp³-hybridized carbons (Fsp3) is 0.0526. The Kier molecular flexibility index (Phi) is 5.98. The van der Waals surface area contributed by atoms with Crippen molar-refractivity contribution in [2.75, 3.05) is 5.73 Å². The molecule has 2 aromatic carbocycles. The smallest absolute Gasteiger partial charge is 0.293 e. The Hall–Kier alpha value is -4.06. The summed E-state index contributed by atoms with van der Waals surface area (Å²) in [5, 5.41) is 19.0. The summed E-state index contributed by atoms with van der Waals surface area (Å²) in [5.74, 6) is -0.647. The topological polar surface area (TPSA) is 137 Å². The second-order valence-electron chi connectivity index (χ2n) is 6.09. The van der Waals surface area contributed by atoms with E-state index in [4.69, 9.17) is 5.73 Å². The molecule has 0 radical (unpaired) electrons. The first-order chi connectivity index (χ1) is 15.1. The lowest BCUT2D eigenvalue weighted by Gasteiger charge is -2.05. The summed E-state index contributed by atoms with van der Waals surface area (Å²) in [6, 6.07) is 15.6. The molecule has 0 atom stereocenters. The van der Waals surface area contributed by atoms with Crippen molar-refractivity contribution >= 4 is 29.7 Å². The van der Waals surface area contributed by atoms with E-state index in [9.17, 15) is 9.18 Å². The molecule has 4 aromatic rings. The van der Waals surface area contributed by atoms with Crippen LogP contribution in [-0.2, 0) is 5.75 Å². The molecule has 156 valence electrons. The Balaban J connectivity index is 1.58. The molecule has 10 nitrogen and oxygen atoms in total. The fourth-order valence-corrected chi connectivity index (χ4v) is 3.49. The Morgan fingerprint density at radius 1 is 1.19 bits per heavy atom. The number of hydrazone groups is 1. The number of anilines is 1. The fourth-order valence-electron chi connectivity index (χ4n) is 2.58. The first kappa shape index (κ1) is 20.2. The van der Waals surface area contributed by atoms with E-state index in [0.29, 0.717) is 11.4 Å². The van der Waals surface area contributed by atoms with Gasteiger partial charge in [-0.2, -0.15) is 9.78 Å². The predicted octanol–water partition coefficient (Wildman–Crippen LogP) is 2.43. The third-order valence-corrected chi connectivity index (χ3v) is 5.09. The number of benzene rings is 2. The molecule has 0 unspecified atom stereocenters. The molecular formula is C19H15FN8O2S. The minimum atomic E-state index is -0.627. The first-order valence-corrected chi connectivity index (χ1v) is 9.91. The lowest BCUT2D eigenvalue weighted by Crippen LogP contribution is -2.20. The second-order valence-corrected chi connectivity index (χ2v) is 7.14. The molecule has 1 amide bonds. The summed E-state index contributed by atoms with van der Waals surface area (Å²) in [6.45, 7) is 0. The van der Waals surface area contributed by atoms with Gasteiger partial charge >= 0.3 is 0 Å². The van der Waals surface area contributed by atoms with Crippen molar-refractivity contribution in [3.05, 3.63) is 77.4 Å². The Morgan fingerprint density at radius 2 is 1.97 bits per heavy atom. The molecule has 0 fully saturated rings. The van der Waals surface area contributed by atoms with Crippen LogP contribution in [0, 0.1) is 5.82 Å². The van der Waals surface area contributed by atoms with Crippen molar-refractivity contribution < 1.29 is 13.8 Å². The highest BCUT2D eigenvalue weighted by molar-refractivity contribution is 7.98. The number of halogens is 1. The minimum Gasteiger partial charge on any atom is -0.378 e. The van der Waals surface area contributed by atoms with E-state index in [1.54, 1.807) is 12.1 Å². The Morgan fingerprint density at radius 3 is 2.71 bits per heavy atom. The van der Waals surface area contributed by atoms with E-state index in [-0.39, 0.29) is 22.9 Å². The monoisotopic (exact) mass is 438 g/mol. The number of hydrogen-bond acceptors (Lipinski definition) is 9. The maximum Gasteiger partial charge on any atom is 0.293 e. The maximum atomic E-state index is 13.7. The van der Waals surface area contributed by atoms with Gasteiger partial charge in [0.15, 0.2) is 5.69 Å². The first-order valence-electron chi connectivity index (χ1n) is 8.92. The number of nitrogens with two attached hydrogens (primary N) is 1.